The normalized spacial score (nSPS) is 10.4. The van der Waals surface area contributed by atoms with Gasteiger partial charge in [0.15, 0.2) is 5.82 Å². The fourth-order valence-electron chi connectivity index (χ4n) is 1.81. The van der Waals surface area contributed by atoms with Crippen molar-refractivity contribution in [2.75, 3.05) is 5.32 Å². The SMILES string of the molecule is Fc1ccc(Cl)cc1-c1nccc(Nc2ccncc2)n1. The monoisotopic (exact) mass is 300 g/mol. The largest absolute Gasteiger partial charge is 0.340 e. The van der Waals surface area contributed by atoms with E-state index in [9.17, 15) is 4.39 Å². The van der Waals surface area contributed by atoms with Crippen LogP contribution in [-0.2, 0) is 0 Å². The maximum absolute atomic E-state index is 13.8. The second-order valence-electron chi connectivity index (χ2n) is 4.25. The van der Waals surface area contributed by atoms with Crippen molar-refractivity contribution in [1.82, 2.24) is 15.0 Å². The molecule has 0 atom stereocenters. The third-order valence-corrected chi connectivity index (χ3v) is 3.01. The van der Waals surface area contributed by atoms with E-state index in [0.29, 0.717) is 10.8 Å². The van der Waals surface area contributed by atoms with Crippen molar-refractivity contribution in [2.24, 2.45) is 0 Å². The first-order chi connectivity index (χ1) is 10.2. The highest BCUT2D eigenvalue weighted by molar-refractivity contribution is 6.30. The molecule has 0 aliphatic carbocycles. The lowest BCUT2D eigenvalue weighted by molar-refractivity contribution is 0.630. The number of aromatic nitrogens is 3. The van der Waals surface area contributed by atoms with Gasteiger partial charge in [-0.15, -0.1) is 0 Å². The molecule has 104 valence electrons. The Hall–Kier alpha value is -2.53. The van der Waals surface area contributed by atoms with Crippen LogP contribution in [0.1, 0.15) is 0 Å². The number of anilines is 2. The molecule has 1 N–H and O–H groups in total. The van der Waals surface area contributed by atoms with E-state index in [2.05, 4.69) is 20.3 Å². The van der Waals surface area contributed by atoms with Crippen LogP contribution in [0.2, 0.25) is 5.02 Å². The molecule has 1 aromatic carbocycles. The second-order valence-corrected chi connectivity index (χ2v) is 4.69. The van der Waals surface area contributed by atoms with Crippen LogP contribution < -0.4 is 5.32 Å². The van der Waals surface area contributed by atoms with E-state index >= 15 is 0 Å². The number of benzene rings is 1. The molecule has 0 aliphatic rings. The maximum Gasteiger partial charge on any atom is 0.164 e. The first kappa shape index (κ1) is 13.5. The zero-order chi connectivity index (χ0) is 14.7. The van der Waals surface area contributed by atoms with Gasteiger partial charge in [0.2, 0.25) is 0 Å². The summed E-state index contributed by atoms with van der Waals surface area (Å²) in [6.07, 6.45) is 4.90. The van der Waals surface area contributed by atoms with E-state index in [1.54, 1.807) is 24.7 Å². The van der Waals surface area contributed by atoms with Crippen LogP contribution in [0.5, 0.6) is 0 Å². The molecule has 0 aliphatic heterocycles. The average molecular weight is 301 g/mol. The van der Waals surface area contributed by atoms with Crippen molar-refractivity contribution in [3.63, 3.8) is 0 Å². The number of pyridine rings is 1. The van der Waals surface area contributed by atoms with Gasteiger partial charge < -0.3 is 5.32 Å². The van der Waals surface area contributed by atoms with Gasteiger partial charge in [0.25, 0.3) is 0 Å². The van der Waals surface area contributed by atoms with E-state index in [0.717, 1.165) is 5.69 Å². The fourth-order valence-corrected chi connectivity index (χ4v) is 1.98. The molecule has 2 heterocycles. The van der Waals surface area contributed by atoms with Crippen molar-refractivity contribution in [2.45, 2.75) is 0 Å². The highest BCUT2D eigenvalue weighted by Gasteiger charge is 2.09. The fraction of sp³-hybridized carbons (Fsp3) is 0. The lowest BCUT2D eigenvalue weighted by Gasteiger charge is -2.07. The molecule has 0 unspecified atom stereocenters. The number of nitrogens with one attached hydrogen (secondary N) is 1. The van der Waals surface area contributed by atoms with Crippen LogP contribution >= 0.6 is 11.6 Å². The zero-order valence-corrected chi connectivity index (χ0v) is 11.5. The summed E-state index contributed by atoms with van der Waals surface area (Å²) in [6.45, 7) is 0. The van der Waals surface area contributed by atoms with E-state index in [-0.39, 0.29) is 11.4 Å². The van der Waals surface area contributed by atoms with Crippen LogP contribution in [0.15, 0.2) is 55.0 Å². The predicted molar refractivity (Wildman–Crippen MR) is 80.0 cm³/mol. The number of nitrogens with zero attached hydrogens (tertiary/aromatic N) is 3. The van der Waals surface area contributed by atoms with Gasteiger partial charge in [-0.25, -0.2) is 14.4 Å². The van der Waals surface area contributed by atoms with Gasteiger partial charge >= 0.3 is 0 Å². The molecule has 0 radical (unpaired) electrons. The Bertz CT molecular complexity index is 765. The standard InChI is InChI=1S/C15H10ClFN4/c16-10-1-2-13(17)12(9-10)15-19-8-5-14(21-15)20-11-3-6-18-7-4-11/h1-9H,(H,18,19,20,21). The maximum atomic E-state index is 13.8. The summed E-state index contributed by atoms with van der Waals surface area (Å²) < 4.78 is 13.8. The lowest BCUT2D eigenvalue weighted by Crippen LogP contribution is -1.98. The predicted octanol–water partition coefficient (Wildman–Crippen LogP) is 4.07. The van der Waals surface area contributed by atoms with Crippen LogP contribution in [0.25, 0.3) is 11.4 Å². The molecule has 0 saturated heterocycles. The average Bonchev–Trinajstić information content (AvgIpc) is 2.51. The van der Waals surface area contributed by atoms with Gasteiger partial charge in [0.1, 0.15) is 11.6 Å². The van der Waals surface area contributed by atoms with E-state index in [1.807, 2.05) is 12.1 Å². The first-order valence-corrected chi connectivity index (χ1v) is 6.56. The summed E-state index contributed by atoms with van der Waals surface area (Å²) in [5, 5.41) is 3.53. The van der Waals surface area contributed by atoms with Gasteiger partial charge in [-0.2, -0.15) is 0 Å². The minimum absolute atomic E-state index is 0.265. The van der Waals surface area contributed by atoms with E-state index < -0.39 is 5.82 Å². The Balaban J connectivity index is 1.95. The smallest absolute Gasteiger partial charge is 0.164 e. The van der Waals surface area contributed by atoms with E-state index in [1.165, 1.54) is 18.2 Å². The number of hydrogen-bond acceptors (Lipinski definition) is 4. The molecular weight excluding hydrogens is 291 g/mol. The van der Waals surface area contributed by atoms with Crippen molar-refractivity contribution in [3.05, 3.63) is 65.8 Å². The molecule has 0 spiro atoms. The topological polar surface area (TPSA) is 50.7 Å². The quantitative estimate of drug-likeness (QED) is 0.792. The summed E-state index contributed by atoms with van der Waals surface area (Å²) in [4.78, 5) is 12.3. The Labute approximate surface area is 125 Å². The van der Waals surface area contributed by atoms with Gasteiger partial charge in [0, 0.05) is 29.3 Å². The summed E-state index contributed by atoms with van der Waals surface area (Å²) in [6, 6.07) is 9.60. The van der Waals surface area contributed by atoms with Crippen LogP contribution in [0.3, 0.4) is 0 Å². The number of halogens is 2. The molecule has 3 rings (SSSR count). The van der Waals surface area contributed by atoms with Crippen molar-refractivity contribution in [3.8, 4) is 11.4 Å². The summed E-state index contributed by atoms with van der Waals surface area (Å²) >= 11 is 5.89. The van der Waals surface area contributed by atoms with Crippen LogP contribution in [0, 0.1) is 5.82 Å². The molecule has 6 heteroatoms. The lowest BCUT2D eigenvalue weighted by atomic mass is 10.2. The summed E-state index contributed by atoms with van der Waals surface area (Å²) in [5.74, 6) is 0.417. The summed E-state index contributed by atoms with van der Waals surface area (Å²) in [7, 11) is 0. The second kappa shape index (κ2) is 5.85. The molecule has 0 fully saturated rings. The molecule has 3 aromatic rings. The van der Waals surface area contributed by atoms with Crippen molar-refractivity contribution >= 4 is 23.1 Å². The summed E-state index contributed by atoms with van der Waals surface area (Å²) in [5.41, 5.74) is 1.10. The third-order valence-electron chi connectivity index (χ3n) is 2.78. The Morgan fingerprint density at radius 3 is 2.62 bits per heavy atom. The highest BCUT2D eigenvalue weighted by atomic mass is 35.5. The van der Waals surface area contributed by atoms with E-state index in [4.69, 9.17) is 11.6 Å². The molecule has 0 bridgehead atoms. The Kier molecular flexibility index (Phi) is 3.75. The Morgan fingerprint density at radius 2 is 1.81 bits per heavy atom. The molecule has 4 nitrogen and oxygen atoms in total. The minimum Gasteiger partial charge on any atom is -0.340 e. The van der Waals surface area contributed by atoms with Gasteiger partial charge in [-0.3, -0.25) is 4.98 Å². The third kappa shape index (κ3) is 3.14. The van der Waals surface area contributed by atoms with Gasteiger partial charge in [-0.1, -0.05) is 11.6 Å². The van der Waals surface area contributed by atoms with Crippen molar-refractivity contribution < 1.29 is 4.39 Å². The van der Waals surface area contributed by atoms with Crippen LogP contribution in [0.4, 0.5) is 15.9 Å². The Morgan fingerprint density at radius 1 is 1.00 bits per heavy atom. The van der Waals surface area contributed by atoms with Crippen molar-refractivity contribution in [1.29, 1.82) is 0 Å². The molecule has 21 heavy (non-hydrogen) atoms. The first-order valence-electron chi connectivity index (χ1n) is 6.18. The van der Waals surface area contributed by atoms with Gasteiger partial charge in [0.05, 0.1) is 5.56 Å². The van der Waals surface area contributed by atoms with Gasteiger partial charge in [-0.05, 0) is 36.4 Å². The zero-order valence-electron chi connectivity index (χ0n) is 10.8. The molecule has 2 aromatic heterocycles. The van der Waals surface area contributed by atoms with Crippen LogP contribution in [-0.4, -0.2) is 15.0 Å². The highest BCUT2D eigenvalue weighted by Crippen LogP contribution is 2.24. The molecule has 0 saturated carbocycles. The molecule has 0 amide bonds. The number of hydrogen-bond donors (Lipinski definition) is 1. The minimum atomic E-state index is -0.416. The molecular formula is C15H10ClFN4. The number of rotatable bonds is 3.